The Bertz CT molecular complexity index is 1020. The second-order valence-corrected chi connectivity index (χ2v) is 8.12. The summed E-state index contributed by atoms with van der Waals surface area (Å²) in [7, 11) is 0. The van der Waals surface area contributed by atoms with Crippen molar-refractivity contribution >= 4 is 17.6 Å². The summed E-state index contributed by atoms with van der Waals surface area (Å²) in [5.41, 5.74) is 4.87. The molecule has 0 saturated heterocycles. The number of unbranched alkanes of at least 4 members (excludes halogenated alkanes) is 1. The van der Waals surface area contributed by atoms with E-state index in [1.807, 2.05) is 67.6 Å². The Morgan fingerprint density at radius 2 is 1.90 bits per heavy atom. The molecule has 0 spiro atoms. The Morgan fingerprint density at radius 1 is 1.13 bits per heavy atom. The maximum atomic E-state index is 10.9. The van der Waals surface area contributed by atoms with Gasteiger partial charge < -0.3 is 9.84 Å². The minimum absolute atomic E-state index is 0.127. The molecule has 1 N–H and O–H groups in total. The molecular formula is C26H28ClNO3. The van der Waals surface area contributed by atoms with Crippen LogP contribution in [0.5, 0.6) is 5.75 Å². The number of halogens is 1. The van der Waals surface area contributed by atoms with Crippen molar-refractivity contribution in [3.63, 3.8) is 0 Å². The number of carboxylic acid groups (broad SMARTS) is 1. The molecule has 4 nitrogen and oxygen atoms in total. The monoisotopic (exact) mass is 437 g/mol. The largest absolute Gasteiger partial charge is 0.484 e. The summed E-state index contributed by atoms with van der Waals surface area (Å²) in [6.45, 7) is 4.15. The van der Waals surface area contributed by atoms with Crippen LogP contribution in [0, 0.1) is 6.92 Å². The predicted octanol–water partition coefficient (Wildman–Crippen LogP) is 7.04. The van der Waals surface area contributed by atoms with Gasteiger partial charge in [0.05, 0.1) is 11.4 Å². The summed E-state index contributed by atoms with van der Waals surface area (Å²) in [6, 6.07) is 19.5. The van der Waals surface area contributed by atoms with Gasteiger partial charge in [0.25, 0.3) is 0 Å². The smallest absolute Gasteiger partial charge is 0.303 e. The van der Waals surface area contributed by atoms with E-state index in [2.05, 4.69) is 6.92 Å². The van der Waals surface area contributed by atoms with E-state index in [0.29, 0.717) is 11.4 Å². The molecule has 0 aliphatic heterocycles. The van der Waals surface area contributed by atoms with Gasteiger partial charge in [0.2, 0.25) is 0 Å². The lowest BCUT2D eigenvalue weighted by molar-refractivity contribution is -0.136. The fourth-order valence-corrected chi connectivity index (χ4v) is 3.62. The fraction of sp³-hybridized carbons (Fsp3) is 0.308. The quantitative estimate of drug-likeness (QED) is 0.369. The Labute approximate surface area is 188 Å². The van der Waals surface area contributed by atoms with E-state index in [9.17, 15) is 4.79 Å². The van der Waals surface area contributed by atoms with Gasteiger partial charge in [-0.15, -0.1) is 0 Å². The number of benzene rings is 2. The van der Waals surface area contributed by atoms with Gasteiger partial charge in [-0.05, 0) is 73.7 Å². The first kappa shape index (κ1) is 22.8. The van der Waals surface area contributed by atoms with Crippen LogP contribution < -0.4 is 4.74 Å². The Kier molecular flexibility index (Phi) is 8.07. The van der Waals surface area contributed by atoms with Crippen LogP contribution in [-0.2, 0) is 11.2 Å². The summed E-state index contributed by atoms with van der Waals surface area (Å²) in [5, 5.41) is 9.63. The van der Waals surface area contributed by atoms with Gasteiger partial charge in [-0.3, -0.25) is 4.79 Å². The molecule has 31 heavy (non-hydrogen) atoms. The Hall–Kier alpha value is -2.85. The van der Waals surface area contributed by atoms with Gasteiger partial charge >= 0.3 is 5.97 Å². The highest BCUT2D eigenvalue weighted by Crippen LogP contribution is 2.29. The summed E-state index contributed by atoms with van der Waals surface area (Å²) in [5.74, 6) is -0.0117. The Morgan fingerprint density at radius 3 is 2.58 bits per heavy atom. The number of carbonyl (C=O) groups is 1. The number of nitrogens with zero attached hydrogens (tertiary/aromatic N) is 1. The van der Waals surface area contributed by atoms with Crippen molar-refractivity contribution in [2.75, 3.05) is 0 Å². The number of aryl methyl sites for hydroxylation is 2. The van der Waals surface area contributed by atoms with Gasteiger partial charge in [0.1, 0.15) is 11.9 Å². The summed E-state index contributed by atoms with van der Waals surface area (Å²) < 4.78 is 6.37. The molecule has 0 saturated carbocycles. The van der Waals surface area contributed by atoms with Gasteiger partial charge in [0, 0.05) is 17.0 Å². The standard InChI is InChI=1S/C26H28ClNO3/c1-3-4-8-25(31-22-15-11-19(18(2)17-22)12-16-26(29)30)24-7-5-6-23(28-24)20-9-13-21(27)14-10-20/h5-7,9-11,13-15,17,25H,3-4,8,12,16H2,1-2H3,(H,29,30). The SMILES string of the molecule is CCCCC(Oc1ccc(CCC(=O)O)c(C)c1)c1cccc(-c2ccc(Cl)cc2)n1. The van der Waals surface area contributed by atoms with Gasteiger partial charge in [-0.2, -0.15) is 0 Å². The molecule has 0 fully saturated rings. The Balaban J connectivity index is 1.82. The zero-order valence-corrected chi connectivity index (χ0v) is 18.7. The molecule has 1 aromatic heterocycles. The van der Waals surface area contributed by atoms with Crippen molar-refractivity contribution in [3.05, 3.63) is 82.5 Å². The molecule has 5 heteroatoms. The highest BCUT2D eigenvalue weighted by molar-refractivity contribution is 6.30. The molecule has 0 aliphatic carbocycles. The van der Waals surface area contributed by atoms with Crippen molar-refractivity contribution in [2.24, 2.45) is 0 Å². The van der Waals surface area contributed by atoms with Gasteiger partial charge in [0.15, 0.2) is 0 Å². The number of rotatable bonds is 10. The lowest BCUT2D eigenvalue weighted by Crippen LogP contribution is -2.10. The number of hydrogen-bond acceptors (Lipinski definition) is 3. The lowest BCUT2D eigenvalue weighted by Gasteiger charge is -2.20. The van der Waals surface area contributed by atoms with Crippen LogP contribution in [-0.4, -0.2) is 16.1 Å². The molecule has 3 aromatic rings. The first-order valence-corrected chi connectivity index (χ1v) is 11.0. The molecule has 1 atom stereocenters. The second-order valence-electron chi connectivity index (χ2n) is 7.69. The van der Waals surface area contributed by atoms with Crippen LogP contribution in [0.15, 0.2) is 60.7 Å². The summed E-state index contributed by atoms with van der Waals surface area (Å²) in [4.78, 5) is 15.7. The third kappa shape index (κ3) is 6.56. The fourth-order valence-electron chi connectivity index (χ4n) is 3.50. The topological polar surface area (TPSA) is 59.4 Å². The lowest BCUT2D eigenvalue weighted by atomic mass is 10.0. The van der Waals surface area contributed by atoms with Crippen LogP contribution in [0.3, 0.4) is 0 Å². The molecule has 0 radical (unpaired) electrons. The first-order chi connectivity index (χ1) is 15.0. The minimum atomic E-state index is -0.786. The third-order valence-electron chi connectivity index (χ3n) is 5.26. The van der Waals surface area contributed by atoms with Crippen LogP contribution in [0.4, 0.5) is 0 Å². The maximum absolute atomic E-state index is 10.9. The molecular weight excluding hydrogens is 410 g/mol. The average molecular weight is 438 g/mol. The predicted molar refractivity (Wildman–Crippen MR) is 125 cm³/mol. The molecule has 162 valence electrons. The van der Waals surface area contributed by atoms with Gasteiger partial charge in [-0.1, -0.05) is 49.2 Å². The van der Waals surface area contributed by atoms with E-state index in [1.165, 1.54) is 0 Å². The molecule has 1 heterocycles. The molecule has 0 aliphatic rings. The zero-order chi connectivity index (χ0) is 22.2. The molecule has 0 bridgehead atoms. The molecule has 3 rings (SSSR count). The molecule has 2 aromatic carbocycles. The van der Waals surface area contributed by atoms with E-state index in [-0.39, 0.29) is 12.5 Å². The first-order valence-electron chi connectivity index (χ1n) is 10.7. The number of hydrogen-bond donors (Lipinski definition) is 1. The summed E-state index contributed by atoms with van der Waals surface area (Å²) in [6.07, 6.45) is 3.47. The number of carboxylic acids is 1. The number of ether oxygens (including phenoxy) is 1. The normalized spacial score (nSPS) is 11.8. The second kappa shape index (κ2) is 11.0. The van der Waals surface area contributed by atoms with Crippen molar-refractivity contribution in [2.45, 2.75) is 52.1 Å². The minimum Gasteiger partial charge on any atom is -0.484 e. The molecule has 1 unspecified atom stereocenters. The van der Waals surface area contributed by atoms with Crippen molar-refractivity contribution in [1.82, 2.24) is 4.98 Å². The van der Waals surface area contributed by atoms with E-state index < -0.39 is 5.97 Å². The third-order valence-corrected chi connectivity index (χ3v) is 5.51. The van der Waals surface area contributed by atoms with E-state index in [1.54, 1.807) is 0 Å². The van der Waals surface area contributed by atoms with E-state index >= 15 is 0 Å². The number of pyridine rings is 1. The van der Waals surface area contributed by atoms with Crippen LogP contribution >= 0.6 is 11.6 Å². The van der Waals surface area contributed by atoms with Crippen LogP contribution in [0.1, 0.15) is 55.5 Å². The van der Waals surface area contributed by atoms with Crippen molar-refractivity contribution in [1.29, 1.82) is 0 Å². The van der Waals surface area contributed by atoms with Crippen LogP contribution in [0.2, 0.25) is 5.02 Å². The van der Waals surface area contributed by atoms with E-state index in [4.69, 9.17) is 26.4 Å². The van der Waals surface area contributed by atoms with E-state index in [0.717, 1.165) is 53.1 Å². The zero-order valence-electron chi connectivity index (χ0n) is 18.0. The number of aromatic nitrogens is 1. The average Bonchev–Trinajstić information content (AvgIpc) is 2.76. The van der Waals surface area contributed by atoms with Crippen LogP contribution in [0.25, 0.3) is 11.3 Å². The summed E-state index contributed by atoms with van der Waals surface area (Å²) >= 11 is 6.02. The van der Waals surface area contributed by atoms with Gasteiger partial charge in [-0.25, -0.2) is 4.98 Å². The molecule has 0 amide bonds. The maximum Gasteiger partial charge on any atom is 0.303 e. The van der Waals surface area contributed by atoms with Crippen molar-refractivity contribution < 1.29 is 14.6 Å². The highest BCUT2D eigenvalue weighted by Gasteiger charge is 2.16. The highest BCUT2D eigenvalue weighted by atomic mass is 35.5. The number of aliphatic carboxylic acids is 1. The van der Waals surface area contributed by atoms with Crippen molar-refractivity contribution in [3.8, 4) is 17.0 Å².